The van der Waals surface area contributed by atoms with Crippen molar-refractivity contribution < 1.29 is 5.11 Å². The first-order valence-corrected chi connectivity index (χ1v) is 7.44. The fraction of sp³-hybridized carbons (Fsp3) is 0.429. The highest BCUT2D eigenvalue weighted by atomic mass is 32.2. The van der Waals surface area contributed by atoms with Gasteiger partial charge in [0.15, 0.2) is 0 Å². The van der Waals surface area contributed by atoms with E-state index in [1.807, 2.05) is 24.3 Å². The first-order valence-electron chi connectivity index (χ1n) is 6.45. The Morgan fingerprint density at radius 3 is 2.84 bits per heavy atom. The van der Waals surface area contributed by atoms with Crippen molar-refractivity contribution in [3.8, 4) is 0 Å². The summed E-state index contributed by atoms with van der Waals surface area (Å²) in [4.78, 5) is 8.59. The molecular formula is C14H17N3OS. The molecule has 3 rings (SSSR count). The lowest BCUT2D eigenvalue weighted by molar-refractivity contribution is 0.194. The van der Waals surface area contributed by atoms with Crippen LogP contribution in [0, 0.1) is 5.92 Å². The number of nitrogens with zero attached hydrogens (tertiary/aromatic N) is 2. The van der Waals surface area contributed by atoms with Gasteiger partial charge in [-0.2, -0.15) is 0 Å². The smallest absolute Gasteiger partial charge is 0.117 e. The van der Waals surface area contributed by atoms with Crippen molar-refractivity contribution >= 4 is 22.7 Å². The Balaban J connectivity index is 1.81. The Morgan fingerprint density at radius 2 is 2.11 bits per heavy atom. The predicted octanol–water partition coefficient (Wildman–Crippen LogP) is 1.82. The summed E-state index contributed by atoms with van der Waals surface area (Å²) in [5.74, 6) is 1.15. The van der Waals surface area contributed by atoms with Gasteiger partial charge < -0.3 is 10.8 Å². The second-order valence-corrected chi connectivity index (χ2v) is 6.11. The summed E-state index contributed by atoms with van der Waals surface area (Å²) >= 11 is 1.61. The number of hydrogen-bond donors (Lipinski definition) is 2. The third kappa shape index (κ3) is 2.59. The third-order valence-electron chi connectivity index (χ3n) is 3.67. The third-order valence-corrected chi connectivity index (χ3v) is 4.95. The van der Waals surface area contributed by atoms with Crippen LogP contribution in [-0.2, 0) is 0 Å². The van der Waals surface area contributed by atoms with Gasteiger partial charge in [-0.3, -0.25) is 0 Å². The van der Waals surface area contributed by atoms with Crippen molar-refractivity contribution in [1.29, 1.82) is 0 Å². The molecule has 1 aromatic carbocycles. The van der Waals surface area contributed by atoms with E-state index in [0.29, 0.717) is 11.7 Å². The molecule has 1 atom stereocenters. The van der Waals surface area contributed by atoms with Crippen LogP contribution in [0.1, 0.15) is 12.8 Å². The van der Waals surface area contributed by atoms with Crippen molar-refractivity contribution in [3.63, 3.8) is 0 Å². The Bertz CT molecular complexity index is 582. The van der Waals surface area contributed by atoms with Crippen molar-refractivity contribution in [2.75, 3.05) is 12.4 Å². The van der Waals surface area contributed by atoms with Crippen LogP contribution in [0.15, 0.2) is 35.6 Å². The van der Waals surface area contributed by atoms with Gasteiger partial charge in [0.2, 0.25) is 0 Å². The zero-order valence-corrected chi connectivity index (χ0v) is 11.4. The first kappa shape index (κ1) is 12.8. The van der Waals surface area contributed by atoms with Crippen molar-refractivity contribution in [2.45, 2.75) is 23.4 Å². The molecule has 4 nitrogen and oxygen atoms in total. The monoisotopic (exact) mass is 275 g/mol. The molecule has 1 aromatic heterocycles. The highest BCUT2D eigenvalue weighted by Crippen LogP contribution is 2.41. The minimum atomic E-state index is -0.475. The van der Waals surface area contributed by atoms with Crippen molar-refractivity contribution in [3.05, 3.63) is 30.6 Å². The second-order valence-electron chi connectivity index (χ2n) is 5.15. The number of aromatic nitrogens is 2. The molecule has 0 radical (unpaired) electrons. The van der Waals surface area contributed by atoms with E-state index in [9.17, 15) is 5.11 Å². The van der Waals surface area contributed by atoms with E-state index in [4.69, 9.17) is 5.73 Å². The highest BCUT2D eigenvalue weighted by molar-refractivity contribution is 7.99. The van der Waals surface area contributed by atoms with Crippen LogP contribution in [0.25, 0.3) is 10.9 Å². The average Bonchev–Trinajstić information content (AvgIpc) is 3.30. The van der Waals surface area contributed by atoms with Gasteiger partial charge in [-0.25, -0.2) is 9.97 Å². The Kier molecular flexibility index (Phi) is 3.43. The van der Waals surface area contributed by atoms with E-state index in [-0.39, 0.29) is 6.61 Å². The molecule has 0 aliphatic heterocycles. The topological polar surface area (TPSA) is 72.0 Å². The van der Waals surface area contributed by atoms with Crippen LogP contribution in [0.3, 0.4) is 0 Å². The molecule has 1 saturated carbocycles. The van der Waals surface area contributed by atoms with E-state index >= 15 is 0 Å². The number of para-hydroxylation sites is 1. The second kappa shape index (κ2) is 5.07. The van der Waals surface area contributed by atoms with Gasteiger partial charge in [0.05, 0.1) is 17.7 Å². The summed E-state index contributed by atoms with van der Waals surface area (Å²) in [5.41, 5.74) is 6.75. The van der Waals surface area contributed by atoms with Gasteiger partial charge in [0, 0.05) is 11.1 Å². The van der Waals surface area contributed by atoms with E-state index in [1.165, 1.54) is 0 Å². The van der Waals surface area contributed by atoms with Gasteiger partial charge >= 0.3 is 0 Å². The van der Waals surface area contributed by atoms with Gasteiger partial charge in [-0.05, 0) is 24.8 Å². The van der Waals surface area contributed by atoms with Gasteiger partial charge in [0.25, 0.3) is 0 Å². The number of rotatable bonds is 5. The largest absolute Gasteiger partial charge is 0.394 e. The molecule has 1 heterocycles. The molecular weight excluding hydrogens is 258 g/mol. The Labute approximate surface area is 116 Å². The first-order chi connectivity index (χ1) is 9.23. The summed E-state index contributed by atoms with van der Waals surface area (Å²) in [6.45, 7) is 0.0354. The molecule has 5 heteroatoms. The maximum atomic E-state index is 9.52. The van der Waals surface area contributed by atoms with E-state index < -0.39 is 5.54 Å². The molecule has 0 bridgehead atoms. The summed E-state index contributed by atoms with van der Waals surface area (Å²) in [5, 5.41) is 11.5. The minimum absolute atomic E-state index is 0.0354. The minimum Gasteiger partial charge on any atom is -0.394 e. The molecule has 2 aromatic rings. The maximum absolute atomic E-state index is 9.52. The van der Waals surface area contributed by atoms with E-state index in [2.05, 4.69) is 9.97 Å². The molecule has 3 N–H and O–H groups in total. The van der Waals surface area contributed by atoms with Crippen LogP contribution in [0.4, 0.5) is 0 Å². The maximum Gasteiger partial charge on any atom is 0.117 e. The lowest BCUT2D eigenvalue weighted by Gasteiger charge is -2.26. The van der Waals surface area contributed by atoms with Crippen LogP contribution in [0.5, 0.6) is 0 Å². The van der Waals surface area contributed by atoms with Crippen LogP contribution >= 0.6 is 11.8 Å². The van der Waals surface area contributed by atoms with Gasteiger partial charge in [-0.1, -0.05) is 18.2 Å². The molecule has 19 heavy (non-hydrogen) atoms. The zero-order chi connectivity index (χ0) is 13.3. The Morgan fingerprint density at radius 1 is 1.32 bits per heavy atom. The number of hydrogen-bond acceptors (Lipinski definition) is 5. The number of fused-ring (bicyclic) bond motifs is 1. The van der Waals surface area contributed by atoms with Crippen LogP contribution in [0.2, 0.25) is 0 Å². The Hall–Kier alpha value is -1.17. The molecule has 1 fully saturated rings. The van der Waals surface area contributed by atoms with E-state index in [0.717, 1.165) is 28.8 Å². The molecule has 1 aliphatic carbocycles. The molecule has 0 saturated heterocycles. The summed E-state index contributed by atoms with van der Waals surface area (Å²) in [6, 6.07) is 7.95. The number of benzene rings is 1. The molecule has 1 unspecified atom stereocenters. The summed E-state index contributed by atoms with van der Waals surface area (Å²) in [7, 11) is 0. The fourth-order valence-electron chi connectivity index (χ4n) is 2.25. The SMILES string of the molecule is NC(CO)(CSc1ncnc2ccccc12)C1CC1. The molecule has 1 aliphatic rings. The molecule has 0 spiro atoms. The number of thioether (sulfide) groups is 1. The summed E-state index contributed by atoms with van der Waals surface area (Å²) in [6.07, 6.45) is 3.84. The quantitative estimate of drug-likeness (QED) is 0.643. The normalized spacial score (nSPS) is 18.4. The molecule has 0 amide bonds. The van der Waals surface area contributed by atoms with Crippen LogP contribution < -0.4 is 5.73 Å². The number of nitrogens with two attached hydrogens (primary N) is 1. The fourth-order valence-corrected chi connectivity index (χ4v) is 3.43. The standard InChI is InChI=1S/C14H17N3OS/c15-14(7-18,10-5-6-10)8-19-13-11-3-1-2-4-12(11)16-9-17-13/h1-4,9-10,18H,5-8,15H2. The van der Waals surface area contributed by atoms with Gasteiger partial charge in [-0.15, -0.1) is 11.8 Å². The van der Waals surface area contributed by atoms with Gasteiger partial charge in [0.1, 0.15) is 11.4 Å². The number of aliphatic hydroxyl groups is 1. The predicted molar refractivity (Wildman–Crippen MR) is 77.0 cm³/mol. The van der Waals surface area contributed by atoms with E-state index in [1.54, 1.807) is 18.1 Å². The lowest BCUT2D eigenvalue weighted by Crippen LogP contribution is -2.48. The van der Waals surface area contributed by atoms with Crippen molar-refractivity contribution in [2.24, 2.45) is 11.7 Å². The summed E-state index contributed by atoms with van der Waals surface area (Å²) < 4.78 is 0. The highest BCUT2D eigenvalue weighted by Gasteiger charge is 2.41. The lowest BCUT2D eigenvalue weighted by atomic mass is 9.99. The van der Waals surface area contributed by atoms with Crippen LogP contribution in [-0.4, -0.2) is 33.0 Å². The van der Waals surface area contributed by atoms with Crippen molar-refractivity contribution in [1.82, 2.24) is 9.97 Å². The molecule has 100 valence electrons. The average molecular weight is 275 g/mol. The number of aliphatic hydroxyl groups excluding tert-OH is 1. The zero-order valence-electron chi connectivity index (χ0n) is 10.6.